The van der Waals surface area contributed by atoms with E-state index in [0.29, 0.717) is 6.04 Å². The molecule has 1 aromatic rings. The Labute approximate surface area is 128 Å². The molecular weight excluding hydrogens is 268 g/mol. The first-order valence-corrected chi connectivity index (χ1v) is 8.95. The summed E-state index contributed by atoms with van der Waals surface area (Å²) < 4.78 is 5.88. The van der Waals surface area contributed by atoms with Gasteiger partial charge in [0.1, 0.15) is 11.5 Å². The smallest absolute Gasteiger partial charge is 0.118 e. The van der Waals surface area contributed by atoms with Crippen LogP contribution in [-0.4, -0.2) is 36.5 Å². The highest BCUT2D eigenvalue weighted by Crippen LogP contribution is 2.17. The third kappa shape index (κ3) is 5.90. The lowest BCUT2D eigenvalue weighted by Gasteiger charge is -2.23. The molecule has 0 amide bonds. The van der Waals surface area contributed by atoms with Crippen molar-refractivity contribution < 1.29 is 4.42 Å². The molecule has 20 heavy (non-hydrogen) atoms. The van der Waals surface area contributed by atoms with Gasteiger partial charge in [-0.05, 0) is 58.4 Å². The minimum absolute atomic E-state index is 0.592. The van der Waals surface area contributed by atoms with E-state index < -0.39 is 0 Å². The number of nitrogens with zero attached hydrogens (tertiary/aromatic N) is 1. The molecule has 0 fully saturated rings. The summed E-state index contributed by atoms with van der Waals surface area (Å²) in [6, 6.07) is 2.80. The number of rotatable bonds is 10. The Balaban J connectivity index is 2.49. The van der Waals surface area contributed by atoms with E-state index in [0.717, 1.165) is 31.2 Å². The third-order valence-electron chi connectivity index (χ3n) is 3.71. The van der Waals surface area contributed by atoms with E-state index >= 15 is 0 Å². The van der Waals surface area contributed by atoms with Crippen molar-refractivity contribution in [3.8, 4) is 0 Å². The molecule has 0 aliphatic carbocycles. The number of furan rings is 1. The van der Waals surface area contributed by atoms with Crippen LogP contribution >= 0.6 is 11.8 Å². The Morgan fingerprint density at radius 2 is 2.20 bits per heavy atom. The lowest BCUT2D eigenvalue weighted by molar-refractivity contribution is 0.225. The Morgan fingerprint density at radius 3 is 2.85 bits per heavy atom. The Kier molecular flexibility index (Phi) is 8.34. The molecular formula is C16H30N2OS. The van der Waals surface area contributed by atoms with Crippen molar-refractivity contribution in [3.63, 3.8) is 0 Å². The highest BCUT2D eigenvalue weighted by atomic mass is 32.2. The zero-order valence-corrected chi connectivity index (χ0v) is 14.5. The highest BCUT2D eigenvalue weighted by molar-refractivity contribution is 7.98. The molecule has 1 heterocycles. The predicted molar refractivity (Wildman–Crippen MR) is 89.4 cm³/mol. The maximum Gasteiger partial charge on any atom is 0.118 e. The Morgan fingerprint density at radius 1 is 1.45 bits per heavy atom. The summed E-state index contributed by atoms with van der Waals surface area (Å²) in [5.74, 6) is 3.34. The lowest BCUT2D eigenvalue weighted by atomic mass is 10.2. The zero-order chi connectivity index (χ0) is 15.0. The fourth-order valence-electron chi connectivity index (χ4n) is 2.15. The van der Waals surface area contributed by atoms with Crippen molar-refractivity contribution in [3.05, 3.63) is 23.2 Å². The second kappa shape index (κ2) is 9.48. The van der Waals surface area contributed by atoms with E-state index in [4.69, 9.17) is 4.42 Å². The van der Waals surface area contributed by atoms with Crippen LogP contribution in [0.25, 0.3) is 0 Å². The van der Waals surface area contributed by atoms with E-state index in [2.05, 4.69) is 50.4 Å². The quantitative estimate of drug-likeness (QED) is 0.667. The van der Waals surface area contributed by atoms with Gasteiger partial charge in [-0.1, -0.05) is 6.92 Å². The second-order valence-corrected chi connectivity index (χ2v) is 6.50. The molecule has 0 aliphatic rings. The van der Waals surface area contributed by atoms with E-state index in [1.54, 1.807) is 0 Å². The van der Waals surface area contributed by atoms with Gasteiger partial charge in [0.05, 0.1) is 6.54 Å². The van der Waals surface area contributed by atoms with Gasteiger partial charge in [-0.25, -0.2) is 0 Å². The average Bonchev–Trinajstić information content (AvgIpc) is 2.76. The van der Waals surface area contributed by atoms with Crippen molar-refractivity contribution in [2.45, 2.75) is 52.7 Å². The zero-order valence-electron chi connectivity index (χ0n) is 13.7. The van der Waals surface area contributed by atoms with Crippen molar-refractivity contribution in [1.82, 2.24) is 10.2 Å². The molecule has 1 aromatic heterocycles. The maximum absolute atomic E-state index is 5.88. The summed E-state index contributed by atoms with van der Waals surface area (Å²) >= 11 is 1.91. The predicted octanol–water partition coefficient (Wildman–Crippen LogP) is 3.66. The average molecular weight is 298 g/mol. The summed E-state index contributed by atoms with van der Waals surface area (Å²) in [7, 11) is 2.18. The van der Waals surface area contributed by atoms with Gasteiger partial charge in [0, 0.05) is 18.2 Å². The van der Waals surface area contributed by atoms with Crippen LogP contribution in [0.3, 0.4) is 0 Å². The maximum atomic E-state index is 5.88. The highest BCUT2D eigenvalue weighted by Gasteiger charge is 2.13. The minimum atomic E-state index is 0.592. The van der Waals surface area contributed by atoms with Gasteiger partial charge < -0.3 is 9.73 Å². The molecule has 0 aromatic carbocycles. The Bertz CT molecular complexity index is 379. The largest absolute Gasteiger partial charge is 0.465 e. The topological polar surface area (TPSA) is 28.4 Å². The lowest BCUT2D eigenvalue weighted by Crippen LogP contribution is -2.28. The van der Waals surface area contributed by atoms with Gasteiger partial charge >= 0.3 is 0 Å². The molecule has 3 nitrogen and oxygen atoms in total. The van der Waals surface area contributed by atoms with Crippen molar-refractivity contribution in [2.24, 2.45) is 0 Å². The van der Waals surface area contributed by atoms with Crippen LogP contribution in [0.4, 0.5) is 0 Å². The molecule has 1 rings (SSSR count). The summed E-state index contributed by atoms with van der Waals surface area (Å²) in [4.78, 5) is 2.37. The number of aryl methyl sites for hydroxylation is 1. The SMILES string of the molecule is CCCNCc1cc(CN(C)C(C)CCSC)oc1C. The van der Waals surface area contributed by atoms with Gasteiger partial charge in [0.25, 0.3) is 0 Å². The molecule has 0 saturated carbocycles. The van der Waals surface area contributed by atoms with Gasteiger partial charge in [0.15, 0.2) is 0 Å². The summed E-state index contributed by atoms with van der Waals surface area (Å²) in [6.07, 6.45) is 4.56. The normalized spacial score (nSPS) is 13.1. The molecule has 1 N–H and O–H groups in total. The first-order chi connectivity index (χ1) is 9.58. The second-order valence-electron chi connectivity index (χ2n) is 5.52. The summed E-state index contributed by atoms with van der Waals surface area (Å²) in [5, 5.41) is 3.43. The van der Waals surface area contributed by atoms with Gasteiger partial charge in [-0.2, -0.15) is 11.8 Å². The van der Waals surface area contributed by atoms with Crippen LogP contribution in [0, 0.1) is 6.92 Å². The van der Waals surface area contributed by atoms with E-state index in [9.17, 15) is 0 Å². The monoisotopic (exact) mass is 298 g/mol. The minimum Gasteiger partial charge on any atom is -0.465 e. The van der Waals surface area contributed by atoms with E-state index in [1.165, 1.54) is 24.2 Å². The van der Waals surface area contributed by atoms with Crippen molar-refractivity contribution in [2.75, 3.05) is 25.6 Å². The first-order valence-electron chi connectivity index (χ1n) is 7.56. The number of nitrogens with one attached hydrogen (secondary N) is 1. The number of thioether (sulfide) groups is 1. The van der Waals surface area contributed by atoms with E-state index in [-0.39, 0.29) is 0 Å². The van der Waals surface area contributed by atoms with Crippen LogP contribution in [0.15, 0.2) is 10.5 Å². The van der Waals surface area contributed by atoms with E-state index in [1.807, 2.05) is 11.8 Å². The fourth-order valence-corrected chi connectivity index (χ4v) is 2.73. The molecule has 0 saturated heterocycles. The third-order valence-corrected chi connectivity index (χ3v) is 4.36. The molecule has 116 valence electrons. The van der Waals surface area contributed by atoms with Gasteiger partial charge in [0.2, 0.25) is 0 Å². The molecule has 4 heteroatoms. The van der Waals surface area contributed by atoms with Gasteiger partial charge in [-0.15, -0.1) is 0 Å². The number of hydrogen-bond donors (Lipinski definition) is 1. The van der Waals surface area contributed by atoms with Crippen molar-refractivity contribution >= 4 is 11.8 Å². The van der Waals surface area contributed by atoms with Crippen LogP contribution in [0.1, 0.15) is 43.8 Å². The molecule has 0 bridgehead atoms. The number of hydrogen-bond acceptors (Lipinski definition) is 4. The van der Waals surface area contributed by atoms with Crippen LogP contribution in [0.2, 0.25) is 0 Å². The van der Waals surface area contributed by atoms with Crippen LogP contribution < -0.4 is 5.32 Å². The molecule has 1 atom stereocenters. The van der Waals surface area contributed by atoms with Gasteiger partial charge in [-0.3, -0.25) is 4.90 Å². The fraction of sp³-hybridized carbons (Fsp3) is 0.750. The molecule has 0 spiro atoms. The Hall–Kier alpha value is -0.450. The molecule has 0 radical (unpaired) electrons. The standard InChI is InChI=1S/C16H30N2OS/c1-6-8-17-11-15-10-16(19-14(15)3)12-18(4)13(2)7-9-20-5/h10,13,17H,6-9,11-12H2,1-5H3. The summed E-state index contributed by atoms with van der Waals surface area (Å²) in [6.45, 7) is 9.40. The molecule has 1 unspecified atom stereocenters. The van der Waals surface area contributed by atoms with Crippen LogP contribution in [0.5, 0.6) is 0 Å². The molecule has 0 aliphatic heterocycles. The first kappa shape index (κ1) is 17.6. The van der Waals surface area contributed by atoms with Crippen molar-refractivity contribution in [1.29, 1.82) is 0 Å². The van der Waals surface area contributed by atoms with Crippen LogP contribution in [-0.2, 0) is 13.1 Å². The summed E-state index contributed by atoms with van der Waals surface area (Å²) in [5.41, 5.74) is 1.29.